The van der Waals surface area contributed by atoms with E-state index in [1.54, 1.807) is 0 Å². The van der Waals surface area contributed by atoms with Crippen molar-refractivity contribution in [2.75, 3.05) is 0 Å². The van der Waals surface area contributed by atoms with Gasteiger partial charge in [0.25, 0.3) is 5.56 Å². The van der Waals surface area contributed by atoms with Gasteiger partial charge in [0.2, 0.25) is 0 Å². The molecule has 0 spiro atoms. The highest BCUT2D eigenvalue weighted by molar-refractivity contribution is 6.21. The van der Waals surface area contributed by atoms with Crippen molar-refractivity contribution in [2.24, 2.45) is 0 Å². The Hall–Kier alpha value is -2.95. The van der Waals surface area contributed by atoms with Crippen LogP contribution in [0.25, 0.3) is 45.4 Å². The molecule has 5 nitrogen and oxygen atoms in total. The van der Waals surface area contributed by atoms with Crippen molar-refractivity contribution in [3.05, 3.63) is 38.6 Å². The van der Waals surface area contributed by atoms with E-state index in [1.807, 2.05) is 12.1 Å². The van der Waals surface area contributed by atoms with Gasteiger partial charge in [0.15, 0.2) is 5.88 Å². The third kappa shape index (κ3) is 1.22. The molecule has 0 saturated carbocycles. The van der Waals surface area contributed by atoms with Gasteiger partial charge >= 0.3 is 0 Å². The molecular weight excluding hydrogens is 278 g/mol. The van der Waals surface area contributed by atoms with E-state index in [2.05, 4.69) is 27.6 Å². The molecule has 5 rings (SSSR count). The van der Waals surface area contributed by atoms with Gasteiger partial charge < -0.3 is 15.1 Å². The number of benzene rings is 1. The first-order valence-corrected chi connectivity index (χ1v) is 7.24. The van der Waals surface area contributed by atoms with Gasteiger partial charge in [-0.3, -0.25) is 9.78 Å². The van der Waals surface area contributed by atoms with Crippen LogP contribution in [-0.4, -0.2) is 20.1 Å². The Kier molecular flexibility index (Phi) is 1.92. The summed E-state index contributed by atoms with van der Waals surface area (Å²) in [5.41, 5.74) is 2.74. The highest BCUT2D eigenvalue weighted by atomic mass is 16.3. The van der Waals surface area contributed by atoms with Gasteiger partial charge in [-0.25, -0.2) is 0 Å². The van der Waals surface area contributed by atoms with Crippen molar-refractivity contribution in [3.8, 4) is 5.88 Å². The maximum atomic E-state index is 12.4. The molecule has 0 atom stereocenters. The summed E-state index contributed by atoms with van der Waals surface area (Å²) in [5.74, 6) is -0.0385. The fourth-order valence-corrected chi connectivity index (χ4v) is 3.75. The summed E-state index contributed by atoms with van der Waals surface area (Å²) in [6.45, 7) is 3.91. The molecule has 0 aliphatic heterocycles. The molecule has 1 aliphatic rings. The van der Waals surface area contributed by atoms with Crippen molar-refractivity contribution in [2.45, 2.75) is 12.8 Å². The number of aromatic hydroxyl groups is 1. The Balaban J connectivity index is 2.25. The van der Waals surface area contributed by atoms with Gasteiger partial charge in [0, 0.05) is 16.1 Å². The Morgan fingerprint density at radius 1 is 1.09 bits per heavy atom. The highest BCUT2D eigenvalue weighted by Gasteiger charge is 2.22. The molecule has 3 heterocycles. The molecular formula is C17H13N3O2. The molecule has 0 unspecified atom stereocenters. The minimum absolute atomic E-state index is 0.0385. The Labute approximate surface area is 123 Å². The van der Waals surface area contributed by atoms with Crippen LogP contribution >= 0.6 is 0 Å². The quantitative estimate of drug-likeness (QED) is 0.394. The van der Waals surface area contributed by atoms with Crippen molar-refractivity contribution < 1.29 is 5.11 Å². The zero-order valence-electron chi connectivity index (χ0n) is 11.7. The van der Waals surface area contributed by atoms with Crippen LogP contribution in [0.5, 0.6) is 5.88 Å². The summed E-state index contributed by atoms with van der Waals surface area (Å²) in [5, 5.41) is 15.0. The first kappa shape index (κ1) is 11.7. The van der Waals surface area contributed by atoms with Crippen LogP contribution in [0, 0.1) is 0 Å². The summed E-state index contributed by atoms with van der Waals surface area (Å²) in [7, 11) is 0. The van der Waals surface area contributed by atoms with Gasteiger partial charge in [-0.2, -0.15) is 0 Å². The molecule has 5 heteroatoms. The predicted octanol–water partition coefficient (Wildman–Crippen LogP) is 1.33. The molecule has 0 amide bonds. The lowest BCUT2D eigenvalue weighted by Gasteiger charge is -2.01. The summed E-state index contributed by atoms with van der Waals surface area (Å²) >= 11 is 0. The minimum Gasteiger partial charge on any atom is -0.494 e. The van der Waals surface area contributed by atoms with Gasteiger partial charge in [-0.05, 0) is 35.8 Å². The van der Waals surface area contributed by atoms with Crippen molar-refractivity contribution in [1.29, 1.82) is 0 Å². The fraction of sp³-hybridized carbons (Fsp3) is 0.118. The second-order valence-electron chi connectivity index (χ2n) is 5.84. The Morgan fingerprint density at radius 2 is 1.95 bits per heavy atom. The molecule has 3 aromatic heterocycles. The maximum Gasteiger partial charge on any atom is 0.259 e. The van der Waals surface area contributed by atoms with Crippen LogP contribution in [0.3, 0.4) is 0 Å². The topological polar surface area (TPSA) is 84.7 Å². The normalized spacial score (nSPS) is 14.0. The van der Waals surface area contributed by atoms with Crippen LogP contribution in [0.2, 0.25) is 0 Å². The summed E-state index contributed by atoms with van der Waals surface area (Å²) in [4.78, 5) is 21.5. The molecule has 0 radical (unpaired) electrons. The number of aromatic nitrogens is 3. The average Bonchev–Trinajstić information content (AvgIpc) is 3.13. The number of H-pyrrole nitrogens is 3. The van der Waals surface area contributed by atoms with Crippen molar-refractivity contribution in [3.63, 3.8) is 0 Å². The molecule has 22 heavy (non-hydrogen) atoms. The summed E-state index contributed by atoms with van der Waals surface area (Å²) in [6.07, 6.45) is 3.92. The molecule has 1 aliphatic carbocycles. The van der Waals surface area contributed by atoms with Crippen LogP contribution in [0.4, 0.5) is 0 Å². The first-order valence-electron chi connectivity index (χ1n) is 7.24. The van der Waals surface area contributed by atoms with E-state index < -0.39 is 0 Å². The van der Waals surface area contributed by atoms with E-state index in [0.29, 0.717) is 10.8 Å². The highest BCUT2D eigenvalue weighted by Crippen LogP contribution is 2.34. The van der Waals surface area contributed by atoms with E-state index >= 15 is 0 Å². The molecule has 0 fully saturated rings. The minimum atomic E-state index is -0.250. The number of rotatable bonds is 0. The zero-order valence-corrected chi connectivity index (χ0v) is 11.7. The van der Waals surface area contributed by atoms with E-state index in [4.69, 9.17) is 0 Å². The predicted molar refractivity (Wildman–Crippen MR) is 87.5 cm³/mol. The van der Waals surface area contributed by atoms with Crippen LogP contribution in [0.1, 0.15) is 12.0 Å². The van der Waals surface area contributed by atoms with Gasteiger partial charge in [-0.15, -0.1) is 0 Å². The second kappa shape index (κ2) is 3.62. The monoisotopic (exact) mass is 291 g/mol. The van der Waals surface area contributed by atoms with E-state index in [9.17, 15) is 9.90 Å². The lowest BCUT2D eigenvalue weighted by atomic mass is 10.0. The second-order valence-corrected chi connectivity index (χ2v) is 5.84. The standard InChI is InChI=1S/C17H13N3O2/c1-7-5-6-10-11-13-12(16(21)20-17(13)22)8-3-2-4-9(8)14(11)19-15(10)18-7/h3,5-6,18-19,21H,1-2,4H2,(H,20,22). The molecule has 0 saturated heterocycles. The van der Waals surface area contributed by atoms with Crippen LogP contribution in [0.15, 0.2) is 16.9 Å². The number of fused-ring (bicyclic) bond motifs is 8. The molecule has 108 valence electrons. The van der Waals surface area contributed by atoms with Crippen molar-refractivity contribution in [1.82, 2.24) is 15.0 Å². The molecule has 1 aromatic carbocycles. The number of hydrogen-bond donors (Lipinski definition) is 4. The van der Waals surface area contributed by atoms with Gasteiger partial charge in [0.05, 0.1) is 16.3 Å². The lowest BCUT2D eigenvalue weighted by molar-refractivity contribution is 0.461. The SMILES string of the molecule is C=c1ccc2c([nH]1)[nH]c1c3c(c4c(O)[nH]c(=O)c4c12)=CCC3. The average molecular weight is 291 g/mol. The molecule has 4 N–H and O–H groups in total. The van der Waals surface area contributed by atoms with Gasteiger partial charge in [0.1, 0.15) is 5.65 Å². The fourth-order valence-electron chi connectivity index (χ4n) is 3.75. The molecule has 4 aromatic rings. The lowest BCUT2D eigenvalue weighted by Crippen LogP contribution is -2.07. The third-order valence-corrected chi connectivity index (χ3v) is 4.61. The number of aromatic amines is 3. The van der Waals surface area contributed by atoms with Crippen LogP contribution in [-0.2, 0) is 6.42 Å². The molecule has 0 bridgehead atoms. The summed E-state index contributed by atoms with van der Waals surface area (Å²) in [6, 6.07) is 3.85. The van der Waals surface area contributed by atoms with E-state index in [1.165, 1.54) is 0 Å². The van der Waals surface area contributed by atoms with Crippen LogP contribution < -0.4 is 16.1 Å². The maximum absolute atomic E-state index is 12.4. The zero-order chi connectivity index (χ0) is 15.0. The van der Waals surface area contributed by atoms with Crippen molar-refractivity contribution >= 4 is 45.4 Å². The number of pyridine rings is 1. The number of nitrogens with one attached hydrogen (secondary N) is 3. The number of aryl methyl sites for hydroxylation is 1. The van der Waals surface area contributed by atoms with Gasteiger partial charge in [-0.1, -0.05) is 12.7 Å². The van der Waals surface area contributed by atoms with E-state index in [0.717, 1.165) is 50.9 Å². The first-order chi connectivity index (χ1) is 10.6. The summed E-state index contributed by atoms with van der Waals surface area (Å²) < 4.78 is 0. The largest absolute Gasteiger partial charge is 0.494 e. The smallest absolute Gasteiger partial charge is 0.259 e. The third-order valence-electron chi connectivity index (χ3n) is 4.61. The Bertz CT molecular complexity index is 1270. The Morgan fingerprint density at radius 3 is 2.82 bits per heavy atom. The number of hydrogen-bond acceptors (Lipinski definition) is 2. The van der Waals surface area contributed by atoms with E-state index in [-0.39, 0.29) is 11.4 Å².